The summed E-state index contributed by atoms with van der Waals surface area (Å²) in [6, 6.07) is 1.73. The number of Topliss-reactive ketones (excluding diaryl/α,β-unsaturated/α-hetero) is 1. The zero-order valence-electron chi connectivity index (χ0n) is 8.77. The minimum absolute atomic E-state index is 0.317. The number of aromatic nitrogens is 2. The van der Waals surface area contributed by atoms with Gasteiger partial charge < -0.3 is 4.74 Å². The van der Waals surface area contributed by atoms with Gasteiger partial charge in [-0.2, -0.15) is 4.98 Å². The minimum atomic E-state index is 0.317. The summed E-state index contributed by atoms with van der Waals surface area (Å²) in [5.41, 5.74) is 0. The molecule has 0 atom stereocenters. The second-order valence-corrected chi connectivity index (χ2v) is 3.77. The topological polar surface area (TPSA) is 52.1 Å². The van der Waals surface area contributed by atoms with Crippen molar-refractivity contribution in [2.45, 2.75) is 31.6 Å². The third-order valence-corrected chi connectivity index (χ3v) is 2.77. The van der Waals surface area contributed by atoms with Crippen molar-refractivity contribution in [1.82, 2.24) is 9.97 Å². The van der Waals surface area contributed by atoms with Crippen LogP contribution in [0.3, 0.4) is 0 Å². The lowest BCUT2D eigenvalue weighted by atomic mass is 9.88. The van der Waals surface area contributed by atoms with Crippen molar-refractivity contribution in [2.75, 3.05) is 7.11 Å². The number of carbonyl (C=O) groups is 1. The first kappa shape index (κ1) is 10.1. The van der Waals surface area contributed by atoms with Gasteiger partial charge in [-0.3, -0.25) is 4.79 Å². The van der Waals surface area contributed by atoms with Crippen LogP contribution in [0.4, 0.5) is 0 Å². The van der Waals surface area contributed by atoms with E-state index >= 15 is 0 Å². The van der Waals surface area contributed by atoms with Gasteiger partial charge in [-0.25, -0.2) is 4.98 Å². The Morgan fingerprint density at radius 3 is 2.80 bits per heavy atom. The predicted octanol–water partition coefficient (Wildman–Crippen LogP) is 1.71. The monoisotopic (exact) mass is 206 g/mol. The van der Waals surface area contributed by atoms with Gasteiger partial charge in [0, 0.05) is 31.0 Å². The van der Waals surface area contributed by atoms with E-state index < -0.39 is 0 Å². The number of ether oxygens (including phenoxy) is 1. The fourth-order valence-corrected chi connectivity index (χ4v) is 1.86. The van der Waals surface area contributed by atoms with Gasteiger partial charge >= 0.3 is 0 Å². The van der Waals surface area contributed by atoms with Gasteiger partial charge in [0.15, 0.2) is 0 Å². The Bertz CT molecular complexity index is 355. The number of ketones is 1. The molecule has 0 radical (unpaired) electrons. The normalized spacial score (nSPS) is 17.8. The summed E-state index contributed by atoms with van der Waals surface area (Å²) >= 11 is 0. The molecule has 1 aromatic heterocycles. The van der Waals surface area contributed by atoms with Crippen LogP contribution in [0.25, 0.3) is 0 Å². The third kappa shape index (κ3) is 2.32. The molecule has 0 saturated heterocycles. The minimum Gasteiger partial charge on any atom is -0.481 e. The molecule has 4 nitrogen and oxygen atoms in total. The molecule has 0 bridgehead atoms. The van der Waals surface area contributed by atoms with E-state index in [4.69, 9.17) is 4.74 Å². The number of methoxy groups -OCH3 is 1. The molecule has 1 heterocycles. The molecule has 0 aliphatic heterocycles. The quantitative estimate of drug-likeness (QED) is 0.739. The molecule has 1 saturated carbocycles. The van der Waals surface area contributed by atoms with Crippen molar-refractivity contribution >= 4 is 5.78 Å². The lowest BCUT2D eigenvalue weighted by molar-refractivity contribution is -0.120. The summed E-state index contributed by atoms with van der Waals surface area (Å²) in [4.78, 5) is 19.6. The molecule has 80 valence electrons. The van der Waals surface area contributed by atoms with Gasteiger partial charge in [0.2, 0.25) is 5.88 Å². The molecule has 0 amide bonds. The largest absolute Gasteiger partial charge is 0.481 e. The molecule has 1 fully saturated rings. The van der Waals surface area contributed by atoms with Crippen LogP contribution < -0.4 is 4.74 Å². The Morgan fingerprint density at radius 2 is 2.13 bits per heavy atom. The van der Waals surface area contributed by atoms with Crippen molar-refractivity contribution in [3.05, 3.63) is 18.1 Å². The fraction of sp³-hybridized carbons (Fsp3) is 0.545. The molecule has 1 aromatic rings. The zero-order chi connectivity index (χ0) is 10.7. The summed E-state index contributed by atoms with van der Waals surface area (Å²) in [7, 11) is 1.59. The predicted molar refractivity (Wildman–Crippen MR) is 54.8 cm³/mol. The molecule has 2 rings (SSSR count). The van der Waals surface area contributed by atoms with E-state index in [0.717, 1.165) is 18.7 Å². The lowest BCUT2D eigenvalue weighted by Gasteiger charge is -2.19. The summed E-state index contributed by atoms with van der Waals surface area (Å²) in [6.45, 7) is 0. The maximum absolute atomic E-state index is 11.1. The Morgan fingerprint density at radius 1 is 1.40 bits per heavy atom. The van der Waals surface area contributed by atoms with Gasteiger partial charge in [0.1, 0.15) is 11.6 Å². The molecule has 0 unspecified atom stereocenters. The molecule has 0 N–H and O–H groups in total. The summed E-state index contributed by atoms with van der Waals surface area (Å²) in [6.07, 6.45) is 4.76. The van der Waals surface area contributed by atoms with Crippen LogP contribution in [0.1, 0.15) is 37.4 Å². The van der Waals surface area contributed by atoms with Gasteiger partial charge in [-0.1, -0.05) is 0 Å². The molecule has 4 heteroatoms. The highest BCUT2D eigenvalue weighted by atomic mass is 16.5. The standard InChI is InChI=1S/C11H14N2O2/c1-15-10-6-7-12-11(13-10)8-2-4-9(14)5-3-8/h6-8H,2-5H2,1H3. The second kappa shape index (κ2) is 4.38. The van der Waals surface area contributed by atoms with Crippen molar-refractivity contribution in [2.24, 2.45) is 0 Å². The number of rotatable bonds is 2. The first-order chi connectivity index (χ1) is 7.29. The van der Waals surface area contributed by atoms with Crippen LogP contribution in [0.2, 0.25) is 0 Å². The highest BCUT2D eigenvalue weighted by molar-refractivity contribution is 5.79. The van der Waals surface area contributed by atoms with E-state index in [1.165, 1.54) is 0 Å². The van der Waals surface area contributed by atoms with Crippen molar-refractivity contribution in [3.8, 4) is 5.88 Å². The lowest BCUT2D eigenvalue weighted by Crippen LogP contribution is -2.14. The number of hydrogen-bond donors (Lipinski definition) is 0. The molecule has 15 heavy (non-hydrogen) atoms. The summed E-state index contributed by atoms with van der Waals surface area (Å²) in [5.74, 6) is 2.07. The Labute approximate surface area is 88.7 Å². The highest BCUT2D eigenvalue weighted by Gasteiger charge is 2.22. The maximum Gasteiger partial charge on any atom is 0.216 e. The molecule has 1 aliphatic carbocycles. The van der Waals surface area contributed by atoms with E-state index in [-0.39, 0.29) is 0 Å². The Hall–Kier alpha value is -1.45. The first-order valence-corrected chi connectivity index (χ1v) is 5.18. The van der Waals surface area contributed by atoms with Crippen LogP contribution in [-0.2, 0) is 4.79 Å². The average molecular weight is 206 g/mol. The Kier molecular flexibility index (Phi) is 2.94. The number of carbonyl (C=O) groups excluding carboxylic acids is 1. The van der Waals surface area contributed by atoms with Gasteiger partial charge in [0.25, 0.3) is 0 Å². The number of hydrogen-bond acceptors (Lipinski definition) is 4. The van der Waals surface area contributed by atoms with Crippen molar-refractivity contribution in [3.63, 3.8) is 0 Å². The van der Waals surface area contributed by atoms with Crippen LogP contribution in [0.15, 0.2) is 12.3 Å². The average Bonchev–Trinajstić information content (AvgIpc) is 2.30. The Balaban J connectivity index is 2.11. The van der Waals surface area contributed by atoms with Crippen LogP contribution in [0.5, 0.6) is 5.88 Å². The molecular formula is C11H14N2O2. The molecule has 0 aromatic carbocycles. The van der Waals surface area contributed by atoms with Crippen LogP contribution in [-0.4, -0.2) is 22.9 Å². The first-order valence-electron chi connectivity index (χ1n) is 5.18. The maximum atomic E-state index is 11.1. The van der Waals surface area contributed by atoms with Crippen LogP contribution in [0, 0.1) is 0 Å². The third-order valence-electron chi connectivity index (χ3n) is 2.77. The van der Waals surface area contributed by atoms with Crippen molar-refractivity contribution in [1.29, 1.82) is 0 Å². The van der Waals surface area contributed by atoms with E-state index in [9.17, 15) is 4.79 Å². The molecule has 0 spiro atoms. The van der Waals surface area contributed by atoms with E-state index in [0.29, 0.717) is 30.4 Å². The summed E-state index contributed by atoms with van der Waals surface area (Å²) < 4.78 is 5.05. The molecule has 1 aliphatic rings. The second-order valence-electron chi connectivity index (χ2n) is 3.77. The van der Waals surface area contributed by atoms with E-state index in [1.807, 2.05) is 0 Å². The summed E-state index contributed by atoms with van der Waals surface area (Å²) in [5, 5.41) is 0. The smallest absolute Gasteiger partial charge is 0.216 e. The van der Waals surface area contributed by atoms with Gasteiger partial charge in [-0.05, 0) is 12.8 Å². The van der Waals surface area contributed by atoms with E-state index in [2.05, 4.69) is 9.97 Å². The zero-order valence-corrected chi connectivity index (χ0v) is 8.77. The van der Waals surface area contributed by atoms with E-state index in [1.54, 1.807) is 19.4 Å². The molecular weight excluding hydrogens is 192 g/mol. The highest BCUT2D eigenvalue weighted by Crippen LogP contribution is 2.29. The SMILES string of the molecule is COc1ccnc(C2CCC(=O)CC2)n1. The van der Waals surface area contributed by atoms with Gasteiger partial charge in [0.05, 0.1) is 7.11 Å². The fourth-order valence-electron chi connectivity index (χ4n) is 1.86. The van der Waals surface area contributed by atoms with Crippen molar-refractivity contribution < 1.29 is 9.53 Å². The van der Waals surface area contributed by atoms with Gasteiger partial charge in [-0.15, -0.1) is 0 Å². The van der Waals surface area contributed by atoms with Crippen LogP contribution >= 0.6 is 0 Å². The number of nitrogens with zero attached hydrogens (tertiary/aromatic N) is 2.